The third-order valence-corrected chi connectivity index (χ3v) is 4.51. The van der Waals surface area contributed by atoms with Gasteiger partial charge in [-0.25, -0.2) is 13.6 Å². The molecule has 3 N–H and O–H groups in total. The van der Waals surface area contributed by atoms with Crippen LogP contribution in [-0.2, 0) is 14.8 Å². The van der Waals surface area contributed by atoms with Gasteiger partial charge in [-0.05, 0) is 37.5 Å². The van der Waals surface area contributed by atoms with Crippen molar-refractivity contribution in [3.63, 3.8) is 0 Å². The maximum absolute atomic E-state index is 11.3. The van der Waals surface area contributed by atoms with E-state index in [1.54, 1.807) is 19.2 Å². The zero-order valence-electron chi connectivity index (χ0n) is 11.2. The van der Waals surface area contributed by atoms with Crippen molar-refractivity contribution in [2.24, 2.45) is 5.14 Å². The fourth-order valence-electron chi connectivity index (χ4n) is 2.30. The van der Waals surface area contributed by atoms with E-state index in [4.69, 9.17) is 9.88 Å². The first kappa shape index (κ1) is 14.5. The van der Waals surface area contributed by atoms with Crippen LogP contribution in [0.3, 0.4) is 0 Å². The highest BCUT2D eigenvalue weighted by Crippen LogP contribution is 2.26. The van der Waals surface area contributed by atoms with Gasteiger partial charge in [-0.3, -0.25) is 0 Å². The van der Waals surface area contributed by atoms with Gasteiger partial charge in [0.25, 0.3) is 0 Å². The molecular weight excluding hydrogens is 264 g/mol. The number of methoxy groups -OCH3 is 1. The van der Waals surface area contributed by atoms with Crippen molar-refractivity contribution in [2.75, 3.05) is 7.11 Å². The molecule has 0 spiro atoms. The molecule has 0 aromatic heterocycles. The van der Waals surface area contributed by atoms with E-state index in [0.29, 0.717) is 12.1 Å². The number of nitrogens with one attached hydrogen (secondary N) is 1. The summed E-state index contributed by atoms with van der Waals surface area (Å²) in [4.78, 5) is 0.155. The Kier molecular flexibility index (Phi) is 4.25. The van der Waals surface area contributed by atoms with Gasteiger partial charge < -0.3 is 10.1 Å². The molecule has 2 rings (SSSR count). The van der Waals surface area contributed by atoms with Gasteiger partial charge in [-0.15, -0.1) is 0 Å². The maximum atomic E-state index is 11.3. The van der Waals surface area contributed by atoms with Gasteiger partial charge in [0.1, 0.15) is 0 Å². The largest absolute Gasteiger partial charge is 0.381 e. The Morgan fingerprint density at radius 1 is 1.42 bits per heavy atom. The number of hydrogen-bond donors (Lipinski definition) is 2. The van der Waals surface area contributed by atoms with E-state index >= 15 is 0 Å². The summed E-state index contributed by atoms with van der Waals surface area (Å²) in [6.07, 6.45) is 2.34. The normalized spacial score (nSPS) is 24.8. The number of nitrogens with two attached hydrogens (primary N) is 1. The third kappa shape index (κ3) is 3.54. The molecule has 1 aromatic carbocycles. The molecule has 6 heteroatoms. The van der Waals surface area contributed by atoms with E-state index in [-0.39, 0.29) is 10.9 Å². The first-order chi connectivity index (χ1) is 8.90. The minimum atomic E-state index is -3.64. The molecule has 19 heavy (non-hydrogen) atoms. The van der Waals surface area contributed by atoms with Gasteiger partial charge in [-0.1, -0.05) is 12.1 Å². The molecule has 1 aliphatic rings. The summed E-state index contributed by atoms with van der Waals surface area (Å²) in [5.74, 6) is 0. The van der Waals surface area contributed by atoms with Gasteiger partial charge in [0.2, 0.25) is 10.0 Å². The number of rotatable bonds is 5. The maximum Gasteiger partial charge on any atom is 0.238 e. The second-order valence-corrected chi connectivity index (χ2v) is 6.59. The van der Waals surface area contributed by atoms with Gasteiger partial charge in [0, 0.05) is 19.2 Å². The monoisotopic (exact) mass is 284 g/mol. The molecule has 5 nitrogen and oxygen atoms in total. The zero-order valence-corrected chi connectivity index (χ0v) is 12.0. The minimum Gasteiger partial charge on any atom is -0.381 e. The van der Waals surface area contributed by atoms with E-state index in [9.17, 15) is 8.42 Å². The van der Waals surface area contributed by atoms with Crippen molar-refractivity contribution in [3.8, 4) is 0 Å². The second kappa shape index (κ2) is 5.58. The lowest BCUT2D eigenvalue weighted by atomic mass is 9.88. The summed E-state index contributed by atoms with van der Waals surface area (Å²) >= 11 is 0. The summed E-state index contributed by atoms with van der Waals surface area (Å²) in [5.41, 5.74) is 0.924. The Balaban J connectivity index is 2.02. The van der Waals surface area contributed by atoms with Crippen LogP contribution >= 0.6 is 0 Å². The van der Waals surface area contributed by atoms with Crippen molar-refractivity contribution in [1.82, 2.24) is 5.32 Å². The smallest absolute Gasteiger partial charge is 0.238 e. The van der Waals surface area contributed by atoms with E-state index in [0.717, 1.165) is 18.4 Å². The Morgan fingerprint density at radius 2 is 2.11 bits per heavy atom. The molecule has 0 amide bonds. The van der Waals surface area contributed by atoms with E-state index in [2.05, 4.69) is 5.32 Å². The van der Waals surface area contributed by atoms with Gasteiger partial charge >= 0.3 is 0 Å². The molecule has 0 bridgehead atoms. The molecule has 1 fully saturated rings. The van der Waals surface area contributed by atoms with Gasteiger partial charge in [-0.2, -0.15) is 0 Å². The SMILES string of the molecule is COC1CC(NC(C)c2cccc(S(N)(=O)=O)c2)C1. The van der Waals surface area contributed by atoms with E-state index in [1.165, 1.54) is 6.07 Å². The van der Waals surface area contributed by atoms with Crippen LogP contribution < -0.4 is 10.5 Å². The molecular formula is C13H20N2O3S. The Morgan fingerprint density at radius 3 is 2.68 bits per heavy atom. The summed E-state index contributed by atoms with van der Waals surface area (Å²) in [6, 6.07) is 7.27. The molecule has 1 saturated carbocycles. The predicted octanol–water partition coefficient (Wildman–Crippen LogP) is 1.16. The molecule has 0 heterocycles. The third-order valence-electron chi connectivity index (χ3n) is 3.60. The van der Waals surface area contributed by atoms with Crippen LogP contribution in [0.25, 0.3) is 0 Å². The minimum absolute atomic E-state index is 0.0875. The molecule has 0 aliphatic heterocycles. The number of ether oxygens (including phenoxy) is 1. The summed E-state index contributed by atoms with van der Waals surface area (Å²) in [6.45, 7) is 2.02. The van der Waals surface area contributed by atoms with Crippen molar-refractivity contribution < 1.29 is 13.2 Å². The Hall–Kier alpha value is -0.950. The zero-order chi connectivity index (χ0) is 14.0. The summed E-state index contributed by atoms with van der Waals surface area (Å²) in [7, 11) is -1.92. The number of hydrogen-bond acceptors (Lipinski definition) is 4. The molecule has 106 valence electrons. The Bertz CT molecular complexity index is 539. The molecule has 0 radical (unpaired) electrons. The number of sulfonamides is 1. The number of primary sulfonamides is 1. The van der Waals surface area contributed by atoms with Crippen molar-refractivity contribution in [3.05, 3.63) is 29.8 Å². The lowest BCUT2D eigenvalue weighted by molar-refractivity contribution is 0.0147. The molecule has 1 unspecified atom stereocenters. The van der Waals surface area contributed by atoms with Crippen molar-refractivity contribution in [2.45, 2.75) is 42.8 Å². The average Bonchev–Trinajstić information content (AvgIpc) is 2.32. The molecule has 0 saturated heterocycles. The Labute approximate surface area is 114 Å². The second-order valence-electron chi connectivity index (χ2n) is 5.03. The highest BCUT2D eigenvalue weighted by molar-refractivity contribution is 7.89. The van der Waals surface area contributed by atoms with Crippen LogP contribution in [0, 0.1) is 0 Å². The summed E-state index contributed by atoms with van der Waals surface area (Å²) in [5, 5.41) is 8.60. The molecule has 1 aromatic rings. The fourth-order valence-corrected chi connectivity index (χ4v) is 2.87. The van der Waals surface area contributed by atoms with Crippen LogP contribution in [-0.4, -0.2) is 27.7 Å². The number of benzene rings is 1. The van der Waals surface area contributed by atoms with Gasteiger partial charge in [0.15, 0.2) is 0 Å². The van der Waals surface area contributed by atoms with E-state index in [1.807, 2.05) is 13.0 Å². The first-order valence-corrected chi connectivity index (χ1v) is 7.86. The van der Waals surface area contributed by atoms with Gasteiger partial charge in [0.05, 0.1) is 11.0 Å². The van der Waals surface area contributed by atoms with Crippen LogP contribution in [0.15, 0.2) is 29.2 Å². The predicted molar refractivity (Wildman–Crippen MR) is 73.2 cm³/mol. The summed E-state index contributed by atoms with van der Waals surface area (Å²) < 4.78 is 27.9. The molecule has 1 atom stereocenters. The molecule has 1 aliphatic carbocycles. The van der Waals surface area contributed by atoms with Crippen LogP contribution in [0.2, 0.25) is 0 Å². The van der Waals surface area contributed by atoms with Crippen molar-refractivity contribution in [1.29, 1.82) is 0 Å². The fraction of sp³-hybridized carbons (Fsp3) is 0.538. The van der Waals surface area contributed by atoms with Crippen molar-refractivity contribution >= 4 is 10.0 Å². The standard InChI is InChI=1S/C13H20N2O3S/c1-9(15-11-7-12(8-11)18-2)10-4-3-5-13(6-10)19(14,16)17/h3-6,9,11-12,15H,7-8H2,1-2H3,(H2,14,16,17). The highest BCUT2D eigenvalue weighted by Gasteiger charge is 2.29. The lowest BCUT2D eigenvalue weighted by Gasteiger charge is -2.36. The van der Waals surface area contributed by atoms with Crippen LogP contribution in [0.5, 0.6) is 0 Å². The van der Waals surface area contributed by atoms with Crippen LogP contribution in [0.1, 0.15) is 31.4 Å². The first-order valence-electron chi connectivity index (χ1n) is 6.31. The van der Waals surface area contributed by atoms with Crippen LogP contribution in [0.4, 0.5) is 0 Å². The average molecular weight is 284 g/mol. The van der Waals surface area contributed by atoms with E-state index < -0.39 is 10.0 Å². The lowest BCUT2D eigenvalue weighted by Crippen LogP contribution is -2.45. The highest BCUT2D eigenvalue weighted by atomic mass is 32.2. The topological polar surface area (TPSA) is 81.4 Å². The quantitative estimate of drug-likeness (QED) is 0.850.